The first-order valence-electron chi connectivity index (χ1n) is 7.46. The molecule has 3 rings (SSSR count). The molecule has 2 aromatic rings. The second kappa shape index (κ2) is 6.95. The molecule has 3 nitrogen and oxygen atoms in total. The fourth-order valence-electron chi connectivity index (χ4n) is 2.68. The number of carbonyl (C=O) groups excluding carboxylic acids is 1. The van der Waals surface area contributed by atoms with E-state index in [1.165, 1.54) is 0 Å². The highest BCUT2D eigenvalue weighted by molar-refractivity contribution is 6.30. The van der Waals surface area contributed by atoms with Gasteiger partial charge in [-0.25, -0.2) is 0 Å². The third-order valence-electron chi connectivity index (χ3n) is 3.84. The number of hydrogen-bond acceptors (Lipinski definition) is 2. The van der Waals surface area contributed by atoms with Gasteiger partial charge in [0.2, 0.25) is 5.91 Å². The molecular weight excluding hydrogens is 298 g/mol. The van der Waals surface area contributed by atoms with Crippen molar-refractivity contribution < 1.29 is 9.53 Å². The number of hydrogen-bond donors (Lipinski definition) is 1. The van der Waals surface area contributed by atoms with Crippen LogP contribution in [-0.4, -0.2) is 18.6 Å². The first kappa shape index (κ1) is 15.1. The quantitative estimate of drug-likeness (QED) is 0.933. The van der Waals surface area contributed by atoms with Crippen LogP contribution in [0.3, 0.4) is 0 Å². The van der Waals surface area contributed by atoms with E-state index in [4.69, 9.17) is 16.3 Å². The van der Waals surface area contributed by atoms with E-state index in [2.05, 4.69) is 5.32 Å². The van der Waals surface area contributed by atoms with Crippen molar-refractivity contribution in [3.8, 4) is 0 Å². The summed E-state index contributed by atoms with van der Waals surface area (Å²) in [5.74, 6) is -0.0543. The molecule has 114 valence electrons. The maximum Gasteiger partial charge on any atom is 0.249 e. The average molecular weight is 316 g/mol. The van der Waals surface area contributed by atoms with E-state index in [-0.39, 0.29) is 18.1 Å². The minimum absolute atomic E-state index is 0.0543. The molecule has 2 unspecified atom stereocenters. The van der Waals surface area contributed by atoms with Crippen LogP contribution >= 0.6 is 11.6 Å². The zero-order valence-electron chi connectivity index (χ0n) is 12.2. The maximum atomic E-state index is 12.4. The zero-order valence-corrected chi connectivity index (χ0v) is 12.9. The second-order valence-corrected chi connectivity index (χ2v) is 5.84. The highest BCUT2D eigenvalue weighted by Crippen LogP contribution is 2.24. The summed E-state index contributed by atoms with van der Waals surface area (Å²) in [5.41, 5.74) is 2.04. The lowest BCUT2D eigenvalue weighted by molar-refractivity contribution is -0.130. The van der Waals surface area contributed by atoms with E-state index in [1.54, 1.807) is 0 Å². The fraction of sp³-hybridized carbons (Fsp3) is 0.278. The number of carbonyl (C=O) groups is 1. The molecule has 0 spiro atoms. The average Bonchev–Trinajstić information content (AvgIpc) is 3.09. The van der Waals surface area contributed by atoms with Crippen LogP contribution in [0.2, 0.25) is 5.02 Å². The van der Waals surface area contributed by atoms with Crippen LogP contribution in [0, 0.1) is 0 Å². The van der Waals surface area contributed by atoms with Crippen LogP contribution in [0.25, 0.3) is 0 Å². The maximum absolute atomic E-state index is 12.4. The van der Waals surface area contributed by atoms with Crippen LogP contribution < -0.4 is 5.32 Å². The second-order valence-electron chi connectivity index (χ2n) is 5.41. The Kier molecular flexibility index (Phi) is 4.76. The Balaban J connectivity index is 1.86. The summed E-state index contributed by atoms with van der Waals surface area (Å²) in [4.78, 5) is 12.4. The lowest BCUT2D eigenvalue weighted by atomic mass is 9.98. The van der Waals surface area contributed by atoms with Crippen molar-refractivity contribution in [2.75, 3.05) is 6.61 Å². The summed E-state index contributed by atoms with van der Waals surface area (Å²) < 4.78 is 5.47. The highest BCUT2D eigenvalue weighted by atomic mass is 35.5. The van der Waals surface area contributed by atoms with E-state index >= 15 is 0 Å². The Hall–Kier alpha value is -1.84. The lowest BCUT2D eigenvalue weighted by Gasteiger charge is -2.21. The van der Waals surface area contributed by atoms with Crippen molar-refractivity contribution in [2.45, 2.75) is 25.0 Å². The van der Waals surface area contributed by atoms with Crippen molar-refractivity contribution in [1.29, 1.82) is 0 Å². The Morgan fingerprint density at radius 2 is 1.77 bits per heavy atom. The molecule has 0 radical (unpaired) electrons. The first-order chi connectivity index (χ1) is 10.7. The molecule has 1 aliphatic rings. The summed E-state index contributed by atoms with van der Waals surface area (Å²) in [6.45, 7) is 0.662. The zero-order chi connectivity index (χ0) is 15.4. The Morgan fingerprint density at radius 3 is 2.41 bits per heavy atom. The van der Waals surface area contributed by atoms with Crippen LogP contribution in [0.1, 0.15) is 30.0 Å². The van der Waals surface area contributed by atoms with Crippen LogP contribution in [-0.2, 0) is 9.53 Å². The van der Waals surface area contributed by atoms with Gasteiger partial charge in [0.15, 0.2) is 0 Å². The van der Waals surface area contributed by atoms with E-state index in [1.807, 2.05) is 54.6 Å². The molecule has 1 heterocycles. The molecule has 1 fully saturated rings. The molecule has 22 heavy (non-hydrogen) atoms. The molecule has 1 saturated heterocycles. The summed E-state index contributed by atoms with van der Waals surface area (Å²) in [6.07, 6.45) is 1.39. The van der Waals surface area contributed by atoms with E-state index in [9.17, 15) is 4.79 Å². The molecule has 4 heteroatoms. The predicted molar refractivity (Wildman–Crippen MR) is 86.9 cm³/mol. The van der Waals surface area contributed by atoms with E-state index in [0.717, 1.165) is 24.0 Å². The molecule has 1 aliphatic heterocycles. The van der Waals surface area contributed by atoms with Crippen LogP contribution in [0.15, 0.2) is 54.6 Å². The standard InChI is InChI=1S/C18H18ClNO2/c19-15-10-8-14(9-11-15)17(13-5-2-1-3-6-13)20-18(21)16-7-4-12-22-16/h1-3,5-6,8-11,16-17H,4,7,12H2,(H,20,21). The fourth-order valence-corrected chi connectivity index (χ4v) is 2.81. The predicted octanol–water partition coefficient (Wildman–Crippen LogP) is 3.72. The summed E-state index contributed by atoms with van der Waals surface area (Å²) in [6, 6.07) is 17.3. The first-order valence-corrected chi connectivity index (χ1v) is 7.84. The lowest BCUT2D eigenvalue weighted by Crippen LogP contribution is -2.37. The monoisotopic (exact) mass is 315 g/mol. The molecule has 0 bridgehead atoms. The van der Waals surface area contributed by atoms with Gasteiger partial charge in [-0.05, 0) is 36.1 Å². The van der Waals surface area contributed by atoms with Gasteiger partial charge >= 0.3 is 0 Å². The van der Waals surface area contributed by atoms with Crippen LogP contribution in [0.5, 0.6) is 0 Å². The third kappa shape index (κ3) is 3.49. The Morgan fingerprint density at radius 1 is 1.09 bits per heavy atom. The van der Waals surface area contributed by atoms with Gasteiger partial charge in [-0.15, -0.1) is 0 Å². The molecule has 0 aromatic heterocycles. The SMILES string of the molecule is O=C(NC(c1ccccc1)c1ccc(Cl)cc1)C1CCCO1. The minimum atomic E-state index is -0.335. The topological polar surface area (TPSA) is 38.3 Å². The van der Waals surface area contributed by atoms with Gasteiger partial charge in [-0.1, -0.05) is 54.1 Å². The number of amides is 1. The number of rotatable bonds is 4. The van der Waals surface area contributed by atoms with Crippen molar-refractivity contribution in [3.63, 3.8) is 0 Å². The molecule has 2 aromatic carbocycles. The molecule has 2 atom stereocenters. The highest BCUT2D eigenvalue weighted by Gasteiger charge is 2.26. The van der Waals surface area contributed by atoms with Crippen LogP contribution in [0.4, 0.5) is 0 Å². The summed E-state index contributed by atoms with van der Waals surface area (Å²) in [5, 5.41) is 3.79. The Bertz CT molecular complexity index is 621. The molecule has 1 N–H and O–H groups in total. The van der Waals surface area contributed by atoms with Crippen molar-refractivity contribution >= 4 is 17.5 Å². The van der Waals surface area contributed by atoms with E-state index in [0.29, 0.717) is 11.6 Å². The number of nitrogens with one attached hydrogen (secondary N) is 1. The van der Waals surface area contributed by atoms with Gasteiger partial charge in [-0.2, -0.15) is 0 Å². The van der Waals surface area contributed by atoms with Gasteiger partial charge in [0.1, 0.15) is 6.10 Å². The van der Waals surface area contributed by atoms with Gasteiger partial charge in [0.05, 0.1) is 6.04 Å². The number of benzene rings is 2. The van der Waals surface area contributed by atoms with Gasteiger partial charge in [0.25, 0.3) is 0 Å². The molecule has 1 amide bonds. The molecular formula is C18H18ClNO2. The summed E-state index contributed by atoms with van der Waals surface area (Å²) in [7, 11) is 0. The Labute approximate surface area is 135 Å². The number of halogens is 1. The van der Waals surface area contributed by atoms with Gasteiger partial charge in [0, 0.05) is 11.6 Å². The largest absolute Gasteiger partial charge is 0.368 e. The smallest absolute Gasteiger partial charge is 0.249 e. The third-order valence-corrected chi connectivity index (χ3v) is 4.10. The van der Waals surface area contributed by atoms with Crippen molar-refractivity contribution in [2.24, 2.45) is 0 Å². The summed E-state index contributed by atoms with van der Waals surface area (Å²) >= 11 is 5.96. The molecule has 0 aliphatic carbocycles. The number of ether oxygens (including phenoxy) is 1. The molecule has 0 saturated carbocycles. The van der Waals surface area contributed by atoms with Gasteiger partial charge in [-0.3, -0.25) is 4.79 Å². The van der Waals surface area contributed by atoms with Crippen molar-refractivity contribution in [1.82, 2.24) is 5.32 Å². The van der Waals surface area contributed by atoms with Gasteiger partial charge < -0.3 is 10.1 Å². The minimum Gasteiger partial charge on any atom is -0.368 e. The van der Waals surface area contributed by atoms with Crippen molar-refractivity contribution in [3.05, 3.63) is 70.7 Å². The normalized spacial score (nSPS) is 18.9. The van der Waals surface area contributed by atoms with E-state index < -0.39 is 0 Å².